The standard InChI is InChI=1S/C12H7BrClF3OS/c13-8-2-1-6(12(15,16)17)5-7(8)10(18)11-9(14)3-4-19-11/h1-5,10,18H. The first kappa shape index (κ1) is 14.8. The molecule has 0 amide bonds. The summed E-state index contributed by atoms with van der Waals surface area (Å²) in [6.45, 7) is 0. The number of hydrogen-bond donors (Lipinski definition) is 1. The highest BCUT2D eigenvalue weighted by Crippen LogP contribution is 2.38. The third-order valence-electron chi connectivity index (χ3n) is 2.51. The molecule has 0 radical (unpaired) electrons. The maximum Gasteiger partial charge on any atom is 0.416 e. The van der Waals surface area contributed by atoms with Crippen molar-refractivity contribution >= 4 is 38.9 Å². The molecule has 2 aromatic rings. The first-order valence-corrected chi connectivity index (χ1v) is 7.13. The molecule has 0 aliphatic heterocycles. The van der Waals surface area contributed by atoms with Crippen LogP contribution in [0.4, 0.5) is 13.2 Å². The predicted octanol–water partition coefficient (Wildman–Crippen LogP) is 5.26. The minimum atomic E-state index is -4.45. The highest BCUT2D eigenvalue weighted by Gasteiger charge is 2.32. The fourth-order valence-corrected chi connectivity index (χ4v) is 3.20. The summed E-state index contributed by atoms with van der Waals surface area (Å²) in [5, 5.41) is 12.2. The van der Waals surface area contributed by atoms with E-state index in [0.717, 1.165) is 12.1 Å². The Bertz CT molecular complexity index is 597. The van der Waals surface area contributed by atoms with Crippen molar-refractivity contribution in [3.8, 4) is 0 Å². The Morgan fingerprint density at radius 1 is 1.26 bits per heavy atom. The highest BCUT2D eigenvalue weighted by molar-refractivity contribution is 9.10. The number of thiophene rings is 1. The molecule has 1 heterocycles. The van der Waals surface area contributed by atoms with Gasteiger partial charge in [-0.3, -0.25) is 0 Å². The minimum Gasteiger partial charge on any atom is -0.383 e. The van der Waals surface area contributed by atoms with Crippen LogP contribution >= 0.6 is 38.9 Å². The molecule has 1 unspecified atom stereocenters. The molecular weight excluding hydrogens is 365 g/mol. The molecule has 0 fully saturated rings. The van der Waals surface area contributed by atoms with Gasteiger partial charge in [0.2, 0.25) is 0 Å². The van der Waals surface area contributed by atoms with Gasteiger partial charge in [-0.05, 0) is 29.6 Å². The molecule has 102 valence electrons. The molecule has 0 aliphatic carbocycles. The Kier molecular flexibility index (Phi) is 4.25. The number of alkyl halides is 3. The van der Waals surface area contributed by atoms with Crippen molar-refractivity contribution < 1.29 is 18.3 Å². The van der Waals surface area contributed by atoms with Crippen LogP contribution in [-0.4, -0.2) is 5.11 Å². The van der Waals surface area contributed by atoms with Gasteiger partial charge in [-0.2, -0.15) is 13.2 Å². The fourth-order valence-electron chi connectivity index (χ4n) is 1.57. The molecule has 0 bridgehead atoms. The van der Waals surface area contributed by atoms with Crippen molar-refractivity contribution in [3.63, 3.8) is 0 Å². The van der Waals surface area contributed by atoms with E-state index in [-0.39, 0.29) is 5.56 Å². The van der Waals surface area contributed by atoms with E-state index in [1.807, 2.05) is 0 Å². The number of halogens is 5. The molecule has 0 aliphatic rings. The molecule has 1 aromatic carbocycles. The van der Waals surface area contributed by atoms with Gasteiger partial charge in [-0.1, -0.05) is 27.5 Å². The summed E-state index contributed by atoms with van der Waals surface area (Å²) in [5.74, 6) is 0. The van der Waals surface area contributed by atoms with Crippen LogP contribution < -0.4 is 0 Å². The lowest BCUT2D eigenvalue weighted by atomic mass is 10.0. The van der Waals surface area contributed by atoms with E-state index in [2.05, 4.69) is 15.9 Å². The number of rotatable bonds is 2. The van der Waals surface area contributed by atoms with Crippen LogP contribution in [0.5, 0.6) is 0 Å². The van der Waals surface area contributed by atoms with Crippen LogP contribution in [0.3, 0.4) is 0 Å². The summed E-state index contributed by atoms with van der Waals surface area (Å²) in [5.41, 5.74) is -0.670. The van der Waals surface area contributed by atoms with Gasteiger partial charge in [0.05, 0.1) is 15.5 Å². The van der Waals surface area contributed by atoms with Crippen molar-refractivity contribution in [3.05, 3.63) is 55.1 Å². The van der Waals surface area contributed by atoms with Crippen LogP contribution in [0.1, 0.15) is 22.1 Å². The van der Waals surface area contributed by atoms with Crippen LogP contribution in [0.2, 0.25) is 5.02 Å². The highest BCUT2D eigenvalue weighted by atomic mass is 79.9. The van der Waals surface area contributed by atoms with E-state index in [0.29, 0.717) is 14.4 Å². The van der Waals surface area contributed by atoms with Gasteiger partial charge in [0.25, 0.3) is 0 Å². The lowest BCUT2D eigenvalue weighted by Gasteiger charge is -2.15. The molecule has 0 spiro atoms. The van der Waals surface area contributed by atoms with Gasteiger partial charge in [0.1, 0.15) is 6.10 Å². The van der Waals surface area contributed by atoms with Crippen molar-refractivity contribution in [1.29, 1.82) is 0 Å². The normalized spacial score (nSPS) is 13.6. The topological polar surface area (TPSA) is 20.2 Å². The third-order valence-corrected chi connectivity index (χ3v) is 4.64. The van der Waals surface area contributed by atoms with E-state index in [9.17, 15) is 18.3 Å². The second-order valence-electron chi connectivity index (χ2n) is 3.77. The van der Waals surface area contributed by atoms with Crippen molar-refractivity contribution in [1.82, 2.24) is 0 Å². The Morgan fingerprint density at radius 2 is 1.95 bits per heavy atom. The second kappa shape index (κ2) is 5.44. The Labute approximate surface area is 124 Å². The van der Waals surface area contributed by atoms with Gasteiger partial charge in [0, 0.05) is 10.0 Å². The summed E-state index contributed by atoms with van der Waals surface area (Å²) in [6, 6.07) is 4.73. The van der Waals surface area contributed by atoms with Crippen LogP contribution in [0.25, 0.3) is 0 Å². The molecule has 0 saturated carbocycles. The molecule has 1 nitrogen and oxygen atoms in total. The van der Waals surface area contributed by atoms with Crippen LogP contribution in [-0.2, 0) is 6.18 Å². The molecule has 19 heavy (non-hydrogen) atoms. The van der Waals surface area contributed by atoms with E-state index < -0.39 is 17.8 Å². The van der Waals surface area contributed by atoms with Gasteiger partial charge in [-0.25, -0.2) is 0 Å². The third kappa shape index (κ3) is 3.13. The van der Waals surface area contributed by atoms with Crippen molar-refractivity contribution in [2.24, 2.45) is 0 Å². The average Bonchev–Trinajstić information content (AvgIpc) is 2.73. The fraction of sp³-hybridized carbons (Fsp3) is 0.167. The summed E-state index contributed by atoms with van der Waals surface area (Å²) < 4.78 is 38.4. The zero-order valence-electron chi connectivity index (χ0n) is 9.21. The number of hydrogen-bond acceptors (Lipinski definition) is 2. The summed E-state index contributed by atoms with van der Waals surface area (Å²) in [7, 11) is 0. The molecule has 0 saturated heterocycles. The van der Waals surface area contributed by atoms with E-state index in [1.54, 1.807) is 11.4 Å². The lowest BCUT2D eigenvalue weighted by Crippen LogP contribution is -2.07. The van der Waals surface area contributed by atoms with Gasteiger partial charge in [0.15, 0.2) is 0 Å². The largest absolute Gasteiger partial charge is 0.416 e. The van der Waals surface area contributed by atoms with Crippen LogP contribution in [0.15, 0.2) is 34.1 Å². The van der Waals surface area contributed by atoms with E-state index in [4.69, 9.17) is 11.6 Å². The molecular formula is C12H7BrClF3OS. The summed E-state index contributed by atoms with van der Waals surface area (Å²) >= 11 is 10.2. The van der Waals surface area contributed by atoms with Crippen molar-refractivity contribution in [2.45, 2.75) is 12.3 Å². The van der Waals surface area contributed by atoms with Gasteiger partial charge in [-0.15, -0.1) is 11.3 Å². The monoisotopic (exact) mass is 370 g/mol. The van der Waals surface area contributed by atoms with Gasteiger partial charge >= 0.3 is 6.18 Å². The van der Waals surface area contributed by atoms with Gasteiger partial charge < -0.3 is 5.11 Å². The first-order valence-electron chi connectivity index (χ1n) is 5.08. The smallest absolute Gasteiger partial charge is 0.383 e. The minimum absolute atomic E-state index is 0.138. The average molecular weight is 372 g/mol. The molecule has 1 N–H and O–H groups in total. The Morgan fingerprint density at radius 3 is 2.47 bits per heavy atom. The SMILES string of the molecule is OC(c1cc(C(F)(F)F)ccc1Br)c1sccc1Cl. The molecule has 7 heteroatoms. The predicted molar refractivity (Wildman–Crippen MR) is 72.5 cm³/mol. The quantitative estimate of drug-likeness (QED) is 0.763. The first-order chi connectivity index (χ1) is 8.80. The Balaban J connectivity index is 2.47. The van der Waals surface area contributed by atoms with Crippen molar-refractivity contribution in [2.75, 3.05) is 0 Å². The summed E-state index contributed by atoms with van der Waals surface area (Å²) in [4.78, 5) is 0.418. The second-order valence-corrected chi connectivity index (χ2v) is 5.98. The maximum absolute atomic E-state index is 12.7. The molecule has 2 rings (SSSR count). The zero-order chi connectivity index (χ0) is 14.2. The lowest BCUT2D eigenvalue weighted by molar-refractivity contribution is -0.137. The number of benzene rings is 1. The number of aliphatic hydroxyl groups is 1. The van der Waals surface area contributed by atoms with Crippen LogP contribution in [0, 0.1) is 0 Å². The van der Waals surface area contributed by atoms with E-state index in [1.165, 1.54) is 17.4 Å². The number of aliphatic hydroxyl groups excluding tert-OH is 1. The molecule has 1 atom stereocenters. The maximum atomic E-state index is 12.7. The summed E-state index contributed by atoms with van der Waals surface area (Å²) in [6.07, 6.45) is -5.64. The van der Waals surface area contributed by atoms with E-state index >= 15 is 0 Å². The molecule has 1 aromatic heterocycles. The Hall–Kier alpha value is -0.560. The zero-order valence-corrected chi connectivity index (χ0v) is 12.4.